The maximum atomic E-state index is 13.8. The van der Waals surface area contributed by atoms with E-state index in [1.807, 2.05) is 0 Å². The Balaban J connectivity index is 1.56. The van der Waals surface area contributed by atoms with Crippen molar-refractivity contribution in [2.75, 3.05) is 31.0 Å². The lowest BCUT2D eigenvalue weighted by atomic mass is 9.45. The van der Waals surface area contributed by atoms with Crippen molar-refractivity contribution in [3.05, 3.63) is 18.2 Å². The van der Waals surface area contributed by atoms with Gasteiger partial charge in [0, 0.05) is 24.0 Å². The summed E-state index contributed by atoms with van der Waals surface area (Å²) in [5, 5.41) is 1.13. The number of methoxy groups -OCH3 is 1. The number of fused-ring (bicyclic) bond motifs is 1. The normalized spacial score (nSPS) is 37.5. The predicted molar refractivity (Wildman–Crippen MR) is 155 cm³/mol. The molecule has 0 spiro atoms. The second-order valence-corrected chi connectivity index (χ2v) is 13.5. The molecule has 1 aromatic rings. The first-order valence-corrected chi connectivity index (χ1v) is 15.1. The summed E-state index contributed by atoms with van der Waals surface area (Å²) in [7, 11) is 1.79. The SMILES string of the molecule is CC[C@@]1(C)C([C@]2(N)CCC3C[C@@H](C)CC[C@]3(COC)C2C)CC[C@@H]1C(=O)CN(N)c1cccc(OC(F)(F)F)c1N. The fourth-order valence-electron chi connectivity index (χ4n) is 9.27. The second kappa shape index (κ2) is 11.6. The number of carbonyl (C=O) groups excluding carboxylic acids is 1. The van der Waals surface area contributed by atoms with Gasteiger partial charge in [0.05, 0.1) is 24.5 Å². The minimum absolute atomic E-state index is 0.0418. The maximum Gasteiger partial charge on any atom is 0.573 e. The zero-order valence-electron chi connectivity index (χ0n) is 25.2. The number of ketones is 1. The molecule has 3 saturated carbocycles. The Morgan fingerprint density at radius 3 is 2.49 bits per heavy atom. The number of rotatable bonds is 9. The number of alkyl halides is 3. The highest BCUT2D eigenvalue weighted by molar-refractivity contribution is 5.88. The van der Waals surface area contributed by atoms with Crippen molar-refractivity contribution < 1.29 is 27.4 Å². The van der Waals surface area contributed by atoms with Crippen LogP contribution < -0.4 is 27.1 Å². The Hall–Kier alpha value is -2.04. The van der Waals surface area contributed by atoms with Gasteiger partial charge in [-0.15, -0.1) is 13.2 Å². The number of nitrogens with two attached hydrogens (primary N) is 3. The van der Waals surface area contributed by atoms with Crippen molar-refractivity contribution in [1.82, 2.24) is 0 Å². The molecule has 0 radical (unpaired) electrons. The molecule has 0 saturated heterocycles. The van der Waals surface area contributed by atoms with E-state index in [4.69, 9.17) is 22.0 Å². The molecular weight excluding hydrogens is 533 g/mol. The fourth-order valence-corrected chi connectivity index (χ4v) is 9.27. The van der Waals surface area contributed by atoms with E-state index in [1.165, 1.54) is 25.0 Å². The molecule has 10 heteroatoms. The van der Waals surface area contributed by atoms with E-state index in [-0.39, 0.29) is 52.3 Å². The van der Waals surface area contributed by atoms with Crippen LogP contribution in [0.15, 0.2) is 18.2 Å². The maximum absolute atomic E-state index is 13.8. The number of carbonyl (C=O) groups is 1. The highest BCUT2D eigenvalue weighted by atomic mass is 19.4. The van der Waals surface area contributed by atoms with E-state index >= 15 is 0 Å². The first-order chi connectivity index (χ1) is 19.1. The number of para-hydroxylation sites is 1. The van der Waals surface area contributed by atoms with Gasteiger partial charge in [-0.2, -0.15) is 0 Å². The van der Waals surface area contributed by atoms with E-state index < -0.39 is 17.7 Å². The van der Waals surface area contributed by atoms with Gasteiger partial charge >= 0.3 is 6.36 Å². The lowest BCUT2D eigenvalue weighted by Gasteiger charge is -2.62. The molecule has 1 aromatic carbocycles. The minimum atomic E-state index is -4.89. The van der Waals surface area contributed by atoms with Gasteiger partial charge in [0.1, 0.15) is 0 Å². The van der Waals surface area contributed by atoms with Crippen LogP contribution in [0, 0.1) is 40.4 Å². The summed E-state index contributed by atoms with van der Waals surface area (Å²) in [5.41, 5.74) is 12.6. The molecule has 232 valence electrons. The molecule has 41 heavy (non-hydrogen) atoms. The van der Waals surface area contributed by atoms with Gasteiger partial charge in [-0.25, -0.2) is 5.84 Å². The molecule has 4 rings (SSSR count). The second-order valence-electron chi connectivity index (χ2n) is 13.5. The van der Waals surface area contributed by atoms with E-state index in [2.05, 4.69) is 32.4 Å². The number of Topliss-reactive ketones (excluding diaryl/α,β-unsaturated/α-hetero) is 1. The van der Waals surface area contributed by atoms with E-state index in [0.717, 1.165) is 43.2 Å². The molecule has 3 unspecified atom stereocenters. The number of ether oxygens (including phenoxy) is 2. The van der Waals surface area contributed by atoms with Crippen LogP contribution in [0.25, 0.3) is 0 Å². The zero-order chi connectivity index (χ0) is 30.4. The number of halogens is 3. The Kier molecular flexibility index (Phi) is 8.99. The van der Waals surface area contributed by atoms with Gasteiger partial charge in [-0.05, 0) is 86.2 Å². The molecule has 6 N–H and O–H groups in total. The van der Waals surface area contributed by atoms with Crippen molar-refractivity contribution in [2.45, 2.75) is 91.0 Å². The van der Waals surface area contributed by atoms with Crippen LogP contribution in [-0.2, 0) is 9.53 Å². The van der Waals surface area contributed by atoms with Crippen molar-refractivity contribution in [1.29, 1.82) is 0 Å². The molecule has 3 aliphatic carbocycles. The lowest BCUT2D eigenvalue weighted by Crippen LogP contribution is -2.66. The average molecular weight is 583 g/mol. The summed E-state index contributed by atoms with van der Waals surface area (Å²) in [6.07, 6.45) is 2.98. The average Bonchev–Trinajstić information content (AvgIpc) is 3.26. The van der Waals surface area contributed by atoms with Gasteiger partial charge in [-0.3, -0.25) is 4.79 Å². The summed E-state index contributed by atoms with van der Waals surface area (Å²) in [6, 6.07) is 3.98. The van der Waals surface area contributed by atoms with Crippen molar-refractivity contribution >= 4 is 17.2 Å². The highest BCUT2D eigenvalue weighted by Gasteiger charge is 2.63. The Morgan fingerprint density at radius 2 is 1.85 bits per heavy atom. The smallest absolute Gasteiger partial charge is 0.403 e. The van der Waals surface area contributed by atoms with Gasteiger partial charge < -0.3 is 25.9 Å². The van der Waals surface area contributed by atoms with Crippen LogP contribution >= 0.6 is 0 Å². The van der Waals surface area contributed by atoms with E-state index in [1.54, 1.807) is 7.11 Å². The molecule has 3 fully saturated rings. The van der Waals surface area contributed by atoms with Crippen LogP contribution in [0.3, 0.4) is 0 Å². The number of anilines is 2. The summed E-state index contributed by atoms with van der Waals surface area (Å²) in [6.45, 7) is 9.53. The minimum Gasteiger partial charge on any atom is -0.403 e. The molecule has 3 aliphatic rings. The third-order valence-electron chi connectivity index (χ3n) is 11.6. The quantitative estimate of drug-likeness (QED) is 0.184. The number of hydrazine groups is 1. The Labute approximate surface area is 242 Å². The third kappa shape index (κ3) is 5.68. The molecule has 0 heterocycles. The van der Waals surface area contributed by atoms with Crippen LogP contribution in [0.1, 0.15) is 79.1 Å². The fraction of sp³-hybridized carbons (Fsp3) is 0.774. The van der Waals surface area contributed by atoms with Gasteiger partial charge in [0.15, 0.2) is 11.5 Å². The van der Waals surface area contributed by atoms with Crippen LogP contribution in [-0.4, -0.2) is 37.9 Å². The monoisotopic (exact) mass is 582 g/mol. The largest absolute Gasteiger partial charge is 0.573 e. The highest BCUT2D eigenvalue weighted by Crippen LogP contribution is 2.64. The van der Waals surface area contributed by atoms with E-state index in [0.29, 0.717) is 24.9 Å². The molecule has 0 amide bonds. The van der Waals surface area contributed by atoms with Gasteiger partial charge in [-0.1, -0.05) is 40.2 Å². The molecule has 8 atom stereocenters. The van der Waals surface area contributed by atoms with Crippen LogP contribution in [0.4, 0.5) is 24.5 Å². The molecule has 0 bridgehead atoms. The Bertz CT molecular complexity index is 1100. The topological polar surface area (TPSA) is 117 Å². The molecular formula is C31H49F3N4O3. The van der Waals surface area contributed by atoms with Crippen molar-refractivity contribution in [3.8, 4) is 5.75 Å². The van der Waals surface area contributed by atoms with Crippen molar-refractivity contribution in [2.24, 2.45) is 52.0 Å². The van der Waals surface area contributed by atoms with Crippen LogP contribution in [0.5, 0.6) is 5.75 Å². The molecule has 0 aromatic heterocycles. The first kappa shape index (κ1) is 31.9. The number of hydrogen-bond acceptors (Lipinski definition) is 7. The summed E-state index contributed by atoms with van der Waals surface area (Å²) < 4.78 is 48.4. The number of benzene rings is 1. The third-order valence-corrected chi connectivity index (χ3v) is 11.6. The summed E-state index contributed by atoms with van der Waals surface area (Å²) in [5.74, 6) is 7.08. The summed E-state index contributed by atoms with van der Waals surface area (Å²) >= 11 is 0. The van der Waals surface area contributed by atoms with Gasteiger partial charge in [0.25, 0.3) is 0 Å². The van der Waals surface area contributed by atoms with Crippen molar-refractivity contribution in [3.63, 3.8) is 0 Å². The predicted octanol–water partition coefficient (Wildman–Crippen LogP) is 6.06. The lowest BCUT2D eigenvalue weighted by molar-refractivity contribution is -0.274. The molecule has 7 nitrogen and oxygen atoms in total. The number of nitrogens with zero attached hydrogens (tertiary/aromatic N) is 1. The number of hydrogen-bond donors (Lipinski definition) is 3. The van der Waals surface area contributed by atoms with E-state index in [9.17, 15) is 18.0 Å². The Morgan fingerprint density at radius 1 is 1.15 bits per heavy atom. The van der Waals surface area contributed by atoms with Gasteiger partial charge in [0.2, 0.25) is 0 Å². The summed E-state index contributed by atoms with van der Waals surface area (Å²) in [4.78, 5) is 13.8. The number of nitrogen functional groups attached to an aromatic ring is 1. The van der Waals surface area contributed by atoms with Crippen LogP contribution in [0.2, 0.25) is 0 Å². The first-order valence-electron chi connectivity index (χ1n) is 15.1. The molecule has 0 aliphatic heterocycles. The standard InChI is InChI=1S/C31H49F3N4O3/c1-6-28(4)22(24(39)17-38(37)23-8-7-9-25(27(23)35)41-31(32,33)34)10-11-26(28)30(36)15-13-21-16-19(2)12-14-29(21,18-40-5)20(30)3/h7-9,19-22,26H,6,10-18,35-37H2,1-5H3/t19-,20?,21?,22+,26?,28+,29-,30-/m0/s1. The zero-order valence-corrected chi connectivity index (χ0v) is 25.2.